The number of hydrogen-bond acceptors (Lipinski definition) is 30. The van der Waals surface area contributed by atoms with Crippen molar-refractivity contribution in [2.75, 3.05) is 21.3 Å². The van der Waals surface area contributed by atoms with Crippen molar-refractivity contribution in [3.8, 4) is 68.3 Å². The lowest BCUT2D eigenvalue weighted by molar-refractivity contribution is -0.742. The predicted octanol–water partition coefficient (Wildman–Crippen LogP) is 10.5. The number of rotatable bonds is 6. The van der Waals surface area contributed by atoms with Crippen LogP contribution in [-0.4, -0.2) is 135 Å². The Balaban J connectivity index is 0.000000181. The maximum Gasteiger partial charge on any atom is 0.394 e. The topological polar surface area (TPSA) is 556 Å². The summed E-state index contributed by atoms with van der Waals surface area (Å²) in [5, 5.41) is 57.3. The van der Waals surface area contributed by atoms with E-state index in [0.29, 0.717) is 28.9 Å². The number of methoxy groups -OCH3 is 3. The monoisotopic (exact) mass is 1420 g/mol. The lowest BCUT2D eigenvalue weighted by Crippen LogP contribution is -2.22. The normalized spacial score (nSPS) is 13.2. The Hall–Kier alpha value is -12.4. The van der Waals surface area contributed by atoms with E-state index >= 15 is 0 Å². The van der Waals surface area contributed by atoms with E-state index in [1.165, 1.54) is 45.6 Å². The third kappa shape index (κ3) is 15.0. The molecule has 101 heavy (non-hydrogen) atoms. The molecule has 0 spiro atoms. The number of fused-ring (bicyclic) bond motifs is 12. The number of oxazole rings is 4. The van der Waals surface area contributed by atoms with Gasteiger partial charge in [0, 0.05) is 51.0 Å². The van der Waals surface area contributed by atoms with Gasteiger partial charge in [-0.2, -0.15) is 8.42 Å². The van der Waals surface area contributed by atoms with E-state index in [0.717, 1.165) is 12.1 Å². The zero-order valence-electron chi connectivity index (χ0n) is 55.7. The summed E-state index contributed by atoms with van der Waals surface area (Å²) in [6.07, 6.45) is 0. The molecule has 4 aromatic heterocycles. The maximum atomic E-state index is 12.5. The van der Waals surface area contributed by atoms with Gasteiger partial charge in [-0.25, -0.2) is 19.9 Å². The minimum atomic E-state index is -4.67. The first kappa shape index (κ1) is 75.9. The maximum absolute atomic E-state index is 12.5. The van der Waals surface area contributed by atoms with E-state index < -0.39 is 115 Å². The van der Waals surface area contributed by atoms with Crippen LogP contribution in [0.15, 0.2) is 72.3 Å². The molecule has 4 heterocycles. The van der Waals surface area contributed by atoms with E-state index in [2.05, 4.69) is 19.9 Å². The van der Waals surface area contributed by atoms with Crippen molar-refractivity contribution in [3.63, 3.8) is 0 Å². The van der Waals surface area contributed by atoms with Gasteiger partial charge >= 0.3 is 16.1 Å². The molecule has 0 atom stereocenters. The smallest absolute Gasteiger partial charge is 0.394 e. The lowest BCUT2D eigenvalue weighted by Gasteiger charge is -2.15. The van der Waals surface area contributed by atoms with Crippen LogP contribution in [0.3, 0.4) is 0 Å². The van der Waals surface area contributed by atoms with Gasteiger partial charge < -0.3 is 42.2 Å². The quantitative estimate of drug-likeness (QED) is 0.0520. The molecule has 0 fully saturated rings. The molecular weight excluding hydrogens is 1360 g/mol. The van der Waals surface area contributed by atoms with Crippen LogP contribution >= 0.6 is 0 Å². The molecular formula is C63H58N8O29S. The van der Waals surface area contributed by atoms with Crippen molar-refractivity contribution in [2.45, 2.75) is 105 Å². The molecule has 4 N–H and O–H groups in total. The molecule has 0 amide bonds. The highest BCUT2D eigenvalue weighted by molar-refractivity contribution is 7.79. The van der Waals surface area contributed by atoms with Crippen LogP contribution in [0.5, 0.6) is 23.0 Å². The number of carbonyl (C=O) groups is 8. The number of aromatic nitrogens is 4. The SMILES string of the molecule is CC(C)(C)c1nc2c(o1)-c1c([N+](=O)[O-])ccc(O)c1C(=O)C2=O.COc1c([N+](=O)[O-])ccc2c1C(=O)C(=O)c1nc(C(C)(C)C)oc1-2.COc1ccc([N+](=O)[O-])c2c1C(=O)C(=O)c1nc(C(C)(C)C)oc1-2.COc1cccc2c1C(=O)C(=O)c1nc(C(C)(C)C)oc1-2.O=S(=O)(O)O.O=[N+]([O-])O. The van der Waals surface area contributed by atoms with Crippen molar-refractivity contribution in [2.24, 2.45) is 0 Å². The fourth-order valence-electron chi connectivity index (χ4n) is 9.77. The molecule has 12 rings (SSSR count). The van der Waals surface area contributed by atoms with Gasteiger partial charge in [-0.1, -0.05) is 95.2 Å². The summed E-state index contributed by atoms with van der Waals surface area (Å²) in [5.74, 6) is -5.71. The number of phenols is 1. The Labute approximate surface area is 567 Å². The van der Waals surface area contributed by atoms with Crippen LogP contribution in [0.2, 0.25) is 0 Å². The number of benzene rings is 4. The molecule has 8 aromatic rings. The average molecular weight is 1420 g/mol. The zero-order chi connectivity index (χ0) is 76.2. The number of nitrogens with zero attached hydrogens (tertiary/aromatic N) is 8. The summed E-state index contributed by atoms with van der Waals surface area (Å²) >= 11 is 0. The summed E-state index contributed by atoms with van der Waals surface area (Å²) in [5.41, 5.74) is -3.50. The van der Waals surface area contributed by atoms with Crippen molar-refractivity contribution in [1.82, 2.24) is 19.9 Å². The Morgan fingerprint density at radius 1 is 0.396 bits per heavy atom. The standard InChI is InChI=1S/2C16H14N2O6.C16H15NO4.C15H12N2O6.HNO3.H2O4S/c1-16(2,3)15-17-10-12(20)11(19)9-7(13(10)24-15)5-6-8(18(21)22)14(9)23-4;1-16(2,3)15-17-11-13(20)12(19)10-8(23-4)6-5-7(18(21)22)9(10)14(11)24-15;1-16(2,3)15-17-11-13(19)12(18)10-8(14(11)21-15)6-5-7-9(10)20-4;1-15(2,3)14-16-10-12(20)11(19)9-7(18)5-4-6(17(21)22)8(9)13(10)23-14;2-1(3)4;1-5(2,3)4/h2*5-6H,1-4H3;5-7H,1-4H3;4-5,18H,1-3H3;(H,2,3,4);(H2,1,2,3,4). The number of Topliss-reactive ketones (excluding diaryl/α,β-unsaturated/α-hetero) is 8. The second-order valence-corrected chi connectivity index (χ2v) is 26.6. The first-order valence-electron chi connectivity index (χ1n) is 28.9. The summed E-state index contributed by atoms with van der Waals surface area (Å²) in [7, 11) is -0.684. The number of aromatic hydroxyl groups is 1. The Bertz CT molecular complexity index is 4990. The van der Waals surface area contributed by atoms with Crippen LogP contribution in [0.4, 0.5) is 17.1 Å². The van der Waals surface area contributed by atoms with Gasteiger partial charge in [-0.05, 0) is 24.3 Å². The van der Waals surface area contributed by atoms with E-state index in [9.17, 15) is 73.8 Å². The summed E-state index contributed by atoms with van der Waals surface area (Å²) in [6, 6.07) is 12.3. The minimum Gasteiger partial charge on any atom is -0.507 e. The highest BCUT2D eigenvalue weighted by atomic mass is 32.3. The van der Waals surface area contributed by atoms with Crippen molar-refractivity contribution in [1.29, 1.82) is 0 Å². The van der Waals surface area contributed by atoms with Crippen LogP contribution in [0, 0.1) is 40.5 Å². The molecule has 0 unspecified atom stereocenters. The van der Waals surface area contributed by atoms with E-state index in [4.69, 9.17) is 64.7 Å². The molecule has 0 bridgehead atoms. The number of nitro benzene ring substituents is 3. The van der Waals surface area contributed by atoms with Gasteiger partial charge in [0.2, 0.25) is 52.4 Å². The fourth-order valence-corrected chi connectivity index (χ4v) is 9.77. The number of phenolic OH excluding ortho intramolecular Hbond substituents is 1. The van der Waals surface area contributed by atoms with Gasteiger partial charge in [0.1, 0.15) is 28.4 Å². The average Bonchev–Trinajstić information content (AvgIpc) is 1.70. The molecule has 530 valence electrons. The fraction of sp³-hybridized carbons (Fsp3) is 0.302. The van der Waals surface area contributed by atoms with Crippen LogP contribution in [0.25, 0.3) is 45.3 Å². The predicted molar refractivity (Wildman–Crippen MR) is 341 cm³/mol. The van der Waals surface area contributed by atoms with Gasteiger partial charge in [0.15, 0.2) is 45.8 Å². The second kappa shape index (κ2) is 27.5. The molecule has 4 aromatic carbocycles. The molecule has 0 saturated heterocycles. The molecule has 0 saturated carbocycles. The highest BCUT2D eigenvalue weighted by Gasteiger charge is 2.47. The second-order valence-electron chi connectivity index (χ2n) is 25.7. The van der Waals surface area contributed by atoms with Crippen molar-refractivity contribution < 1.29 is 118 Å². The van der Waals surface area contributed by atoms with Crippen LogP contribution in [0.1, 0.15) is 190 Å². The summed E-state index contributed by atoms with van der Waals surface area (Å²) in [6.45, 7) is 22.2. The first-order valence-corrected chi connectivity index (χ1v) is 30.3. The van der Waals surface area contributed by atoms with Crippen molar-refractivity contribution >= 4 is 73.7 Å². The van der Waals surface area contributed by atoms with Gasteiger partial charge in [-0.3, -0.25) is 77.8 Å². The van der Waals surface area contributed by atoms with Crippen LogP contribution in [-0.2, 0) is 32.1 Å². The molecule has 4 aliphatic rings. The minimum absolute atomic E-state index is 0.0647. The van der Waals surface area contributed by atoms with Crippen LogP contribution < -0.4 is 14.2 Å². The molecule has 38 heteroatoms. The van der Waals surface area contributed by atoms with Gasteiger partial charge in [-0.15, -0.1) is 10.1 Å². The van der Waals surface area contributed by atoms with Gasteiger partial charge in [0.25, 0.3) is 39.6 Å². The molecule has 0 aliphatic heterocycles. The zero-order valence-corrected chi connectivity index (χ0v) is 56.5. The van der Waals surface area contributed by atoms with E-state index in [-0.39, 0.29) is 108 Å². The van der Waals surface area contributed by atoms with Crippen molar-refractivity contribution in [3.05, 3.63) is 164 Å². The molecule has 4 aliphatic carbocycles. The highest BCUT2D eigenvalue weighted by Crippen LogP contribution is 2.49. The lowest BCUT2D eigenvalue weighted by atomic mass is 9.89. The van der Waals surface area contributed by atoms with Gasteiger partial charge in [0.05, 0.1) is 58.4 Å². The van der Waals surface area contributed by atoms with E-state index in [1.807, 2.05) is 62.3 Å². The first-order chi connectivity index (χ1) is 46.5. The summed E-state index contributed by atoms with van der Waals surface area (Å²) < 4.78 is 69.6. The van der Waals surface area contributed by atoms with E-state index in [1.54, 1.807) is 39.0 Å². The number of ether oxygens (including phenoxy) is 3. The Morgan fingerprint density at radius 2 is 0.693 bits per heavy atom. The number of carbonyl (C=O) groups excluding carboxylic acids is 8. The number of hydrogen-bond donors (Lipinski definition) is 4. The third-order valence-corrected chi connectivity index (χ3v) is 14.3. The largest absolute Gasteiger partial charge is 0.507 e. The third-order valence-electron chi connectivity index (χ3n) is 14.3. The molecule has 0 radical (unpaired) electrons. The summed E-state index contributed by atoms with van der Waals surface area (Å²) in [4.78, 5) is 155. The molecule has 37 nitrogen and oxygen atoms in total. The number of nitro groups is 3. The Kier molecular flexibility index (Phi) is 20.6. The number of ketones is 8. The Morgan fingerprint density at radius 3 is 1.05 bits per heavy atom.